The summed E-state index contributed by atoms with van der Waals surface area (Å²) < 4.78 is 55.0. The Kier molecular flexibility index (Phi) is 9.40. The molecule has 236 valence electrons. The Morgan fingerprint density at radius 1 is 1.04 bits per heavy atom. The summed E-state index contributed by atoms with van der Waals surface area (Å²) in [4.78, 5) is 27.3. The van der Waals surface area contributed by atoms with Gasteiger partial charge in [0, 0.05) is 31.5 Å². The first-order valence-electron chi connectivity index (χ1n) is 14.2. The highest BCUT2D eigenvalue weighted by atomic mass is 35.5. The minimum atomic E-state index is -4.19. The molecule has 2 N–H and O–H groups in total. The molecule has 2 aromatic carbocycles. The van der Waals surface area contributed by atoms with Gasteiger partial charge in [0.15, 0.2) is 11.6 Å². The van der Waals surface area contributed by atoms with Crippen LogP contribution in [0.3, 0.4) is 0 Å². The van der Waals surface area contributed by atoms with Gasteiger partial charge in [-0.3, -0.25) is 4.72 Å². The van der Waals surface area contributed by atoms with Gasteiger partial charge in [0.25, 0.3) is 10.0 Å². The number of hydrogen-bond acceptors (Lipinski definition) is 9. The molecule has 4 aromatic rings. The van der Waals surface area contributed by atoms with Gasteiger partial charge in [-0.25, -0.2) is 32.6 Å². The second-order valence-electron chi connectivity index (χ2n) is 11.3. The second kappa shape index (κ2) is 13.2. The lowest BCUT2D eigenvalue weighted by Crippen LogP contribution is -2.47. The molecule has 11 nitrogen and oxygen atoms in total. The fourth-order valence-electron chi connectivity index (χ4n) is 4.65. The maximum Gasteiger partial charge on any atom is 0.410 e. The minimum absolute atomic E-state index is 0.00139. The number of anilines is 2. The molecule has 1 fully saturated rings. The molecule has 1 saturated heterocycles. The SMILES string of the molecule is CC(C)(C)OC(=O)N1CCCC(Nc2nccc(-c3cccnc3Oc3cccc(NS(=O)(=O)c4ccccc4Cl)c3F)n2)C1. The smallest absolute Gasteiger partial charge is 0.410 e. The molecule has 1 aliphatic heterocycles. The van der Waals surface area contributed by atoms with Gasteiger partial charge in [0.05, 0.1) is 22.0 Å². The fraction of sp³-hybridized carbons (Fsp3) is 0.290. The van der Waals surface area contributed by atoms with Crippen molar-refractivity contribution in [2.24, 2.45) is 0 Å². The van der Waals surface area contributed by atoms with Crippen molar-refractivity contribution < 1.29 is 27.1 Å². The molecular weight excluding hydrogens is 623 g/mol. The largest absolute Gasteiger partial charge is 0.444 e. The van der Waals surface area contributed by atoms with Crippen LogP contribution in [0.4, 0.5) is 20.8 Å². The number of aromatic nitrogens is 3. The van der Waals surface area contributed by atoms with E-state index in [-0.39, 0.29) is 39.4 Å². The van der Waals surface area contributed by atoms with Gasteiger partial charge in [0.2, 0.25) is 11.8 Å². The van der Waals surface area contributed by atoms with Gasteiger partial charge in [0.1, 0.15) is 10.5 Å². The summed E-state index contributed by atoms with van der Waals surface area (Å²) in [6.07, 6.45) is 4.28. The van der Waals surface area contributed by atoms with Crippen LogP contribution in [-0.2, 0) is 14.8 Å². The van der Waals surface area contributed by atoms with Crippen LogP contribution in [0.2, 0.25) is 5.02 Å². The topological polar surface area (TPSA) is 136 Å². The van der Waals surface area contributed by atoms with Crippen molar-refractivity contribution >= 4 is 39.4 Å². The zero-order chi connectivity index (χ0) is 32.2. The normalized spacial score (nSPS) is 15.3. The van der Waals surface area contributed by atoms with Crippen molar-refractivity contribution in [2.75, 3.05) is 23.1 Å². The summed E-state index contributed by atoms with van der Waals surface area (Å²) in [5.41, 5.74) is -0.0195. The number of nitrogens with zero attached hydrogens (tertiary/aromatic N) is 4. The van der Waals surface area contributed by atoms with E-state index in [0.717, 1.165) is 12.8 Å². The van der Waals surface area contributed by atoms with E-state index in [9.17, 15) is 13.2 Å². The highest BCUT2D eigenvalue weighted by Crippen LogP contribution is 2.35. The lowest BCUT2D eigenvalue weighted by atomic mass is 10.1. The van der Waals surface area contributed by atoms with Crippen molar-refractivity contribution in [2.45, 2.75) is 50.2 Å². The van der Waals surface area contributed by atoms with Crippen LogP contribution in [0.25, 0.3) is 11.3 Å². The number of benzene rings is 2. The van der Waals surface area contributed by atoms with Crippen LogP contribution in [0, 0.1) is 5.82 Å². The molecule has 1 unspecified atom stereocenters. The van der Waals surface area contributed by atoms with Gasteiger partial charge in [-0.15, -0.1) is 0 Å². The second-order valence-corrected chi connectivity index (χ2v) is 13.3. The maximum absolute atomic E-state index is 15.6. The molecule has 1 aliphatic rings. The molecule has 2 aromatic heterocycles. The molecule has 0 aliphatic carbocycles. The van der Waals surface area contributed by atoms with Crippen LogP contribution >= 0.6 is 11.6 Å². The van der Waals surface area contributed by atoms with E-state index in [2.05, 4.69) is 25.0 Å². The van der Waals surface area contributed by atoms with Gasteiger partial charge in [-0.2, -0.15) is 0 Å². The summed E-state index contributed by atoms with van der Waals surface area (Å²) in [6.45, 7) is 6.52. The lowest BCUT2D eigenvalue weighted by Gasteiger charge is -2.34. The third kappa shape index (κ3) is 7.97. The molecule has 45 heavy (non-hydrogen) atoms. The molecular formula is C31H32ClFN6O5S. The van der Waals surface area contributed by atoms with Crippen molar-refractivity contribution in [1.29, 1.82) is 0 Å². The molecule has 0 radical (unpaired) electrons. The van der Waals surface area contributed by atoms with Crippen molar-refractivity contribution in [3.8, 4) is 22.9 Å². The number of carbonyl (C=O) groups excluding carboxylic acids is 1. The number of carbonyl (C=O) groups is 1. The third-order valence-electron chi connectivity index (χ3n) is 6.65. The van der Waals surface area contributed by atoms with Crippen LogP contribution in [0.5, 0.6) is 11.6 Å². The minimum Gasteiger partial charge on any atom is -0.444 e. The summed E-state index contributed by atoms with van der Waals surface area (Å²) in [5, 5.41) is 3.29. The van der Waals surface area contributed by atoms with E-state index in [0.29, 0.717) is 30.3 Å². The summed E-state index contributed by atoms with van der Waals surface area (Å²) in [5.74, 6) is -0.825. The van der Waals surface area contributed by atoms with E-state index in [4.69, 9.17) is 21.1 Å². The van der Waals surface area contributed by atoms with Crippen LogP contribution in [0.15, 0.2) is 78.0 Å². The van der Waals surface area contributed by atoms with Gasteiger partial charge < -0.3 is 19.7 Å². The Morgan fingerprint density at radius 3 is 2.62 bits per heavy atom. The first-order valence-corrected chi connectivity index (χ1v) is 16.0. The standard InChI is InChI=1S/C31H32ClFN6O5S/c1-31(2,3)44-30(40)39-18-8-9-20(19-39)36-29-35-17-15-23(37-29)21-10-7-16-34-28(21)43-25-13-6-12-24(27(25)33)38-45(41,42)26-14-5-4-11-22(26)32/h4-7,10-17,20,38H,8-9,18-19H2,1-3H3,(H,35,36,37). The Balaban J connectivity index is 1.33. The van der Waals surface area contributed by atoms with Crippen molar-refractivity contribution in [3.05, 3.63) is 83.9 Å². The first-order chi connectivity index (χ1) is 21.4. The number of sulfonamides is 1. The number of piperidine rings is 1. The molecule has 0 bridgehead atoms. The number of nitrogens with one attached hydrogen (secondary N) is 2. The van der Waals surface area contributed by atoms with Gasteiger partial charge in [-0.1, -0.05) is 29.8 Å². The van der Waals surface area contributed by atoms with Crippen molar-refractivity contribution in [1.82, 2.24) is 19.9 Å². The number of likely N-dealkylation sites (tertiary alicyclic amines) is 1. The number of halogens is 2. The predicted octanol–water partition coefficient (Wildman–Crippen LogP) is 6.74. The van der Waals surface area contributed by atoms with E-state index < -0.39 is 21.4 Å². The number of pyridine rings is 1. The zero-order valence-electron chi connectivity index (χ0n) is 24.8. The van der Waals surface area contributed by atoms with Gasteiger partial charge >= 0.3 is 6.09 Å². The zero-order valence-corrected chi connectivity index (χ0v) is 26.4. The summed E-state index contributed by atoms with van der Waals surface area (Å²) in [6, 6.07) is 14.9. The van der Waals surface area contributed by atoms with Crippen molar-refractivity contribution in [3.63, 3.8) is 0 Å². The maximum atomic E-state index is 15.6. The number of ether oxygens (including phenoxy) is 2. The highest BCUT2D eigenvalue weighted by molar-refractivity contribution is 7.92. The number of hydrogen-bond donors (Lipinski definition) is 2. The van der Waals surface area contributed by atoms with E-state index in [1.807, 2.05) is 20.8 Å². The number of rotatable bonds is 8. The molecule has 1 amide bonds. The molecule has 1 atom stereocenters. The van der Waals surface area contributed by atoms with Crippen LogP contribution in [-0.4, -0.2) is 59.1 Å². The van der Waals surface area contributed by atoms with Crippen LogP contribution in [0.1, 0.15) is 33.6 Å². The van der Waals surface area contributed by atoms with Crippen LogP contribution < -0.4 is 14.8 Å². The molecule has 0 spiro atoms. The predicted molar refractivity (Wildman–Crippen MR) is 168 cm³/mol. The average molecular weight is 655 g/mol. The van der Waals surface area contributed by atoms with E-state index in [1.54, 1.807) is 35.4 Å². The molecule has 3 heterocycles. The molecule has 14 heteroatoms. The lowest BCUT2D eigenvalue weighted by molar-refractivity contribution is 0.0206. The quantitative estimate of drug-likeness (QED) is 0.212. The first kappa shape index (κ1) is 31.9. The molecule has 5 rings (SSSR count). The van der Waals surface area contributed by atoms with E-state index >= 15 is 4.39 Å². The summed E-state index contributed by atoms with van der Waals surface area (Å²) in [7, 11) is -4.19. The Morgan fingerprint density at radius 2 is 1.84 bits per heavy atom. The number of amides is 1. The Labute approximate surface area is 265 Å². The third-order valence-corrected chi connectivity index (χ3v) is 8.51. The fourth-order valence-corrected chi connectivity index (χ4v) is 6.23. The summed E-state index contributed by atoms with van der Waals surface area (Å²) >= 11 is 6.05. The average Bonchev–Trinajstić information content (AvgIpc) is 2.99. The Bertz CT molecular complexity index is 1800. The highest BCUT2D eigenvalue weighted by Gasteiger charge is 2.28. The van der Waals surface area contributed by atoms with Gasteiger partial charge in [-0.05, 0) is 76.1 Å². The molecule has 0 saturated carbocycles. The van der Waals surface area contributed by atoms with E-state index in [1.165, 1.54) is 42.6 Å². The monoisotopic (exact) mass is 654 g/mol. The Hall–Kier alpha value is -4.49.